The zero-order chi connectivity index (χ0) is 15.6. The van der Waals surface area contributed by atoms with Gasteiger partial charge in [0.05, 0.1) is 6.54 Å². The molecule has 110 valence electrons. The van der Waals surface area contributed by atoms with Crippen LogP contribution < -0.4 is 0 Å². The quantitative estimate of drug-likeness (QED) is 0.329. The van der Waals surface area contributed by atoms with Crippen molar-refractivity contribution in [1.29, 1.82) is 0 Å². The number of rotatable bonds is 6. The molecule has 0 N–H and O–H groups in total. The maximum absolute atomic E-state index is 12.4. The van der Waals surface area contributed by atoms with Crippen LogP contribution in [0.3, 0.4) is 0 Å². The molecule has 2 rings (SSSR count). The number of ketones is 1. The third-order valence-electron chi connectivity index (χ3n) is 3.12. The van der Waals surface area contributed by atoms with Gasteiger partial charge in [0.2, 0.25) is 0 Å². The van der Waals surface area contributed by atoms with Gasteiger partial charge in [-0.1, -0.05) is 72.8 Å². The van der Waals surface area contributed by atoms with E-state index < -0.39 is 0 Å². The SMILES string of the molecule is C/C=C\C(=C/C=NCc1ccccc1)C(=O)c1ccccc1. The highest BCUT2D eigenvalue weighted by Gasteiger charge is 2.07. The van der Waals surface area contributed by atoms with Gasteiger partial charge < -0.3 is 0 Å². The second kappa shape index (κ2) is 8.53. The van der Waals surface area contributed by atoms with E-state index in [2.05, 4.69) is 4.99 Å². The predicted octanol–water partition coefficient (Wildman–Crippen LogP) is 4.64. The van der Waals surface area contributed by atoms with E-state index in [-0.39, 0.29) is 5.78 Å². The van der Waals surface area contributed by atoms with Crippen LogP contribution in [0, 0.1) is 0 Å². The number of Topliss-reactive ketones (excluding diaryl/α,β-unsaturated/α-hetero) is 1. The summed E-state index contributed by atoms with van der Waals surface area (Å²) in [5.74, 6) is 0.00450. The third kappa shape index (κ3) is 4.67. The lowest BCUT2D eigenvalue weighted by Gasteiger charge is -2.00. The normalized spacial score (nSPS) is 12.1. The number of carbonyl (C=O) groups is 1. The average molecular weight is 289 g/mol. The van der Waals surface area contributed by atoms with Crippen molar-refractivity contribution in [3.63, 3.8) is 0 Å². The lowest BCUT2D eigenvalue weighted by Crippen LogP contribution is -2.01. The summed E-state index contributed by atoms with van der Waals surface area (Å²) >= 11 is 0. The van der Waals surface area contributed by atoms with Crippen LogP contribution in [0.4, 0.5) is 0 Å². The number of allylic oxidation sites excluding steroid dienone is 4. The van der Waals surface area contributed by atoms with E-state index in [1.807, 2.05) is 79.7 Å². The Morgan fingerprint density at radius 1 is 1.00 bits per heavy atom. The molecule has 2 heteroatoms. The van der Waals surface area contributed by atoms with E-state index in [4.69, 9.17) is 0 Å². The summed E-state index contributed by atoms with van der Waals surface area (Å²) in [6.07, 6.45) is 7.13. The highest BCUT2D eigenvalue weighted by atomic mass is 16.1. The molecule has 0 radical (unpaired) electrons. The fourth-order valence-corrected chi connectivity index (χ4v) is 2.02. The molecule has 0 aliphatic carbocycles. The van der Waals surface area contributed by atoms with Gasteiger partial charge in [0.25, 0.3) is 0 Å². The Kier molecular flexibility index (Phi) is 6.06. The van der Waals surface area contributed by atoms with Crippen LogP contribution in [0.5, 0.6) is 0 Å². The largest absolute Gasteiger partial charge is 0.289 e. The molecule has 0 heterocycles. The van der Waals surface area contributed by atoms with Crippen molar-refractivity contribution in [2.75, 3.05) is 0 Å². The van der Waals surface area contributed by atoms with Crippen molar-refractivity contribution in [3.05, 3.63) is 95.6 Å². The smallest absolute Gasteiger partial charge is 0.193 e. The van der Waals surface area contributed by atoms with Crippen molar-refractivity contribution >= 4 is 12.0 Å². The number of hydrogen-bond acceptors (Lipinski definition) is 2. The Balaban J connectivity index is 2.09. The van der Waals surface area contributed by atoms with Crippen LogP contribution in [-0.4, -0.2) is 12.0 Å². The van der Waals surface area contributed by atoms with E-state index in [0.29, 0.717) is 17.7 Å². The highest BCUT2D eigenvalue weighted by molar-refractivity contribution is 6.12. The third-order valence-corrected chi connectivity index (χ3v) is 3.12. The summed E-state index contributed by atoms with van der Waals surface area (Å²) in [5.41, 5.74) is 2.46. The molecule has 0 atom stereocenters. The van der Waals surface area contributed by atoms with Crippen LogP contribution in [0.15, 0.2) is 89.5 Å². The molecule has 0 aliphatic rings. The van der Waals surface area contributed by atoms with Gasteiger partial charge in [-0.15, -0.1) is 0 Å². The summed E-state index contributed by atoms with van der Waals surface area (Å²) in [5, 5.41) is 0. The van der Waals surface area contributed by atoms with Crippen molar-refractivity contribution in [2.45, 2.75) is 13.5 Å². The first-order valence-corrected chi connectivity index (χ1v) is 7.27. The summed E-state index contributed by atoms with van der Waals surface area (Å²) in [7, 11) is 0. The Morgan fingerprint density at radius 3 is 2.27 bits per heavy atom. The van der Waals surface area contributed by atoms with Crippen molar-refractivity contribution < 1.29 is 4.79 Å². The van der Waals surface area contributed by atoms with E-state index in [1.165, 1.54) is 0 Å². The van der Waals surface area contributed by atoms with Gasteiger partial charge in [0, 0.05) is 17.4 Å². The Bertz CT molecular complexity index is 682. The lowest BCUT2D eigenvalue weighted by atomic mass is 10.0. The van der Waals surface area contributed by atoms with Gasteiger partial charge in [-0.2, -0.15) is 0 Å². The van der Waals surface area contributed by atoms with Crippen LogP contribution in [0.1, 0.15) is 22.8 Å². The number of aliphatic imine (C=N–C) groups is 1. The standard InChI is InChI=1S/C20H19NO/c1-2-9-18(20(22)19-12-7-4-8-13-19)14-15-21-16-17-10-5-3-6-11-17/h2-15H,16H2,1H3/b9-2-,18-14+,21-15?. The van der Waals surface area contributed by atoms with Gasteiger partial charge in [0.15, 0.2) is 5.78 Å². The topological polar surface area (TPSA) is 29.4 Å². The van der Waals surface area contributed by atoms with E-state index in [0.717, 1.165) is 5.56 Å². The molecule has 0 bridgehead atoms. The minimum Gasteiger partial charge on any atom is -0.289 e. The van der Waals surface area contributed by atoms with E-state index >= 15 is 0 Å². The van der Waals surface area contributed by atoms with Crippen molar-refractivity contribution in [2.24, 2.45) is 4.99 Å². The van der Waals surface area contributed by atoms with E-state index in [1.54, 1.807) is 12.3 Å². The summed E-state index contributed by atoms with van der Waals surface area (Å²) in [6.45, 7) is 2.51. The maximum atomic E-state index is 12.4. The Morgan fingerprint density at radius 2 is 1.64 bits per heavy atom. The minimum atomic E-state index is 0.00450. The molecule has 0 saturated heterocycles. The molecule has 22 heavy (non-hydrogen) atoms. The fraction of sp³-hybridized carbons (Fsp3) is 0.100. The molecule has 0 saturated carbocycles. The fourth-order valence-electron chi connectivity index (χ4n) is 2.02. The molecular weight excluding hydrogens is 270 g/mol. The first-order chi connectivity index (χ1) is 10.8. The van der Waals surface area contributed by atoms with Crippen molar-refractivity contribution in [1.82, 2.24) is 0 Å². The minimum absolute atomic E-state index is 0.00450. The number of carbonyl (C=O) groups excluding carboxylic acids is 1. The van der Waals surface area contributed by atoms with Gasteiger partial charge in [-0.05, 0) is 18.6 Å². The zero-order valence-corrected chi connectivity index (χ0v) is 12.6. The molecule has 2 aromatic carbocycles. The van der Waals surface area contributed by atoms with Crippen molar-refractivity contribution in [3.8, 4) is 0 Å². The summed E-state index contributed by atoms with van der Waals surface area (Å²) in [4.78, 5) is 16.8. The number of nitrogens with zero attached hydrogens (tertiary/aromatic N) is 1. The second-order valence-electron chi connectivity index (χ2n) is 4.79. The highest BCUT2D eigenvalue weighted by Crippen LogP contribution is 2.09. The average Bonchev–Trinajstić information content (AvgIpc) is 2.59. The van der Waals surface area contributed by atoms with Crippen LogP contribution >= 0.6 is 0 Å². The Hall–Kier alpha value is -2.74. The molecule has 0 aromatic heterocycles. The van der Waals surface area contributed by atoms with Crippen LogP contribution in [0.25, 0.3) is 0 Å². The molecule has 0 amide bonds. The first-order valence-electron chi connectivity index (χ1n) is 7.27. The molecule has 0 unspecified atom stereocenters. The second-order valence-corrected chi connectivity index (χ2v) is 4.79. The summed E-state index contributed by atoms with van der Waals surface area (Å²) < 4.78 is 0. The van der Waals surface area contributed by atoms with Gasteiger partial charge in [-0.3, -0.25) is 9.79 Å². The molecule has 0 fully saturated rings. The van der Waals surface area contributed by atoms with Gasteiger partial charge in [-0.25, -0.2) is 0 Å². The number of benzene rings is 2. The maximum Gasteiger partial charge on any atom is 0.193 e. The molecule has 2 aromatic rings. The summed E-state index contributed by atoms with van der Waals surface area (Å²) in [6, 6.07) is 19.3. The van der Waals surface area contributed by atoms with Crippen LogP contribution in [0.2, 0.25) is 0 Å². The molecule has 0 aliphatic heterocycles. The monoisotopic (exact) mass is 289 g/mol. The Labute approximate surface area is 131 Å². The first kappa shape index (κ1) is 15.6. The van der Waals surface area contributed by atoms with Gasteiger partial charge >= 0.3 is 0 Å². The predicted molar refractivity (Wildman–Crippen MR) is 92.3 cm³/mol. The molecular formula is C20H19NO. The lowest BCUT2D eigenvalue weighted by molar-refractivity contribution is 0.103. The van der Waals surface area contributed by atoms with E-state index in [9.17, 15) is 4.79 Å². The number of hydrogen-bond donors (Lipinski definition) is 0. The zero-order valence-electron chi connectivity index (χ0n) is 12.6. The van der Waals surface area contributed by atoms with Crippen LogP contribution in [-0.2, 0) is 6.54 Å². The van der Waals surface area contributed by atoms with Gasteiger partial charge in [0.1, 0.15) is 0 Å². The molecule has 2 nitrogen and oxygen atoms in total. The molecule has 0 spiro atoms.